The van der Waals surface area contributed by atoms with Crippen molar-refractivity contribution in [2.45, 2.75) is 38.5 Å². The molecular formula is C15H25NO4S. The van der Waals surface area contributed by atoms with E-state index in [1.54, 1.807) is 24.3 Å². The lowest BCUT2D eigenvalue weighted by Gasteiger charge is -2.08. The van der Waals surface area contributed by atoms with Gasteiger partial charge in [0.25, 0.3) is 0 Å². The number of ether oxygens (including phenoxy) is 1. The van der Waals surface area contributed by atoms with E-state index in [9.17, 15) is 8.42 Å². The average Bonchev–Trinajstić information content (AvgIpc) is 2.46. The average molecular weight is 315 g/mol. The largest absolute Gasteiger partial charge is 0.392 e. The van der Waals surface area contributed by atoms with Gasteiger partial charge in [-0.25, -0.2) is 13.1 Å². The fourth-order valence-corrected chi connectivity index (χ4v) is 3.01. The summed E-state index contributed by atoms with van der Waals surface area (Å²) in [6.45, 7) is 3.70. The number of hydrogen-bond donors (Lipinski definition) is 2. The zero-order chi connectivity index (χ0) is 15.6. The second-order valence-corrected chi connectivity index (χ2v) is 6.76. The Morgan fingerprint density at radius 1 is 1.19 bits per heavy atom. The van der Waals surface area contributed by atoms with Gasteiger partial charge in [-0.1, -0.05) is 37.6 Å². The minimum absolute atomic E-state index is 0.0719. The van der Waals surface area contributed by atoms with Crippen molar-refractivity contribution >= 4 is 10.0 Å². The summed E-state index contributed by atoms with van der Waals surface area (Å²) in [6.07, 6.45) is 2.80. The molecule has 0 atom stereocenters. The van der Waals surface area contributed by atoms with Gasteiger partial charge in [0.1, 0.15) is 0 Å². The van der Waals surface area contributed by atoms with E-state index in [0.717, 1.165) is 19.4 Å². The molecule has 1 rings (SSSR count). The van der Waals surface area contributed by atoms with E-state index in [4.69, 9.17) is 9.84 Å². The maximum Gasteiger partial charge on any atom is 0.215 e. The highest BCUT2D eigenvalue weighted by molar-refractivity contribution is 7.88. The summed E-state index contributed by atoms with van der Waals surface area (Å²) >= 11 is 0. The Balaban J connectivity index is 2.30. The van der Waals surface area contributed by atoms with Gasteiger partial charge in [0.2, 0.25) is 10.0 Å². The Morgan fingerprint density at radius 2 is 1.90 bits per heavy atom. The van der Waals surface area contributed by atoms with Crippen LogP contribution in [0, 0.1) is 0 Å². The molecule has 0 saturated heterocycles. The number of aliphatic hydroxyl groups excluding tert-OH is 1. The number of aliphatic hydroxyl groups is 1. The lowest BCUT2D eigenvalue weighted by atomic mass is 10.1. The number of hydrogen-bond acceptors (Lipinski definition) is 4. The first-order valence-corrected chi connectivity index (χ1v) is 8.96. The summed E-state index contributed by atoms with van der Waals surface area (Å²) in [5.74, 6) is -0.0719. The number of rotatable bonds is 11. The maximum atomic E-state index is 11.9. The van der Waals surface area contributed by atoms with Crippen molar-refractivity contribution in [1.82, 2.24) is 4.72 Å². The third-order valence-corrected chi connectivity index (χ3v) is 4.32. The monoisotopic (exact) mass is 315 g/mol. The molecule has 0 saturated carbocycles. The molecule has 21 heavy (non-hydrogen) atoms. The minimum Gasteiger partial charge on any atom is -0.392 e. The van der Waals surface area contributed by atoms with Crippen LogP contribution in [0.1, 0.15) is 37.3 Å². The lowest BCUT2D eigenvalue weighted by molar-refractivity contribution is 0.130. The Morgan fingerprint density at radius 3 is 2.62 bits per heavy atom. The molecule has 0 aromatic heterocycles. The SMILES string of the molecule is CCCCOCCCNS(=O)(=O)Cc1cccc(CO)c1. The van der Waals surface area contributed by atoms with Crippen LogP contribution >= 0.6 is 0 Å². The highest BCUT2D eigenvalue weighted by Crippen LogP contribution is 2.08. The first-order chi connectivity index (χ1) is 10.1. The molecule has 0 unspecified atom stereocenters. The number of benzene rings is 1. The highest BCUT2D eigenvalue weighted by Gasteiger charge is 2.11. The zero-order valence-electron chi connectivity index (χ0n) is 12.5. The van der Waals surface area contributed by atoms with Crippen molar-refractivity contribution in [1.29, 1.82) is 0 Å². The molecule has 0 spiro atoms. The van der Waals surface area contributed by atoms with Crippen molar-refractivity contribution in [3.05, 3.63) is 35.4 Å². The van der Waals surface area contributed by atoms with Gasteiger partial charge in [0.05, 0.1) is 12.4 Å². The predicted molar refractivity (Wildman–Crippen MR) is 83.3 cm³/mol. The number of sulfonamides is 1. The van der Waals surface area contributed by atoms with Crippen LogP contribution in [0.2, 0.25) is 0 Å². The molecule has 120 valence electrons. The van der Waals surface area contributed by atoms with E-state index < -0.39 is 10.0 Å². The number of nitrogens with one attached hydrogen (secondary N) is 1. The zero-order valence-corrected chi connectivity index (χ0v) is 13.4. The van der Waals surface area contributed by atoms with Crippen molar-refractivity contribution in [3.63, 3.8) is 0 Å². The maximum absolute atomic E-state index is 11.9. The van der Waals surface area contributed by atoms with Gasteiger partial charge in [-0.05, 0) is 24.0 Å². The predicted octanol–water partition coefficient (Wildman–Crippen LogP) is 1.81. The molecule has 1 aromatic carbocycles. The Kier molecular flexibility index (Phi) is 8.52. The van der Waals surface area contributed by atoms with Crippen molar-refractivity contribution in [2.75, 3.05) is 19.8 Å². The van der Waals surface area contributed by atoms with E-state index in [-0.39, 0.29) is 12.4 Å². The van der Waals surface area contributed by atoms with Gasteiger partial charge in [-0.15, -0.1) is 0 Å². The molecule has 0 radical (unpaired) electrons. The van der Waals surface area contributed by atoms with Crippen LogP contribution in [-0.4, -0.2) is 33.3 Å². The van der Waals surface area contributed by atoms with Gasteiger partial charge in [-0.2, -0.15) is 0 Å². The Bertz CT molecular complexity index is 502. The van der Waals surface area contributed by atoms with Crippen LogP contribution in [0.5, 0.6) is 0 Å². The van der Waals surface area contributed by atoms with E-state index in [0.29, 0.717) is 30.7 Å². The summed E-state index contributed by atoms with van der Waals surface area (Å²) < 4.78 is 31.8. The first-order valence-electron chi connectivity index (χ1n) is 7.31. The van der Waals surface area contributed by atoms with E-state index in [1.807, 2.05) is 0 Å². The van der Waals surface area contributed by atoms with Gasteiger partial charge in [-0.3, -0.25) is 0 Å². The number of unbranched alkanes of at least 4 members (excludes halogenated alkanes) is 1. The quantitative estimate of drug-likeness (QED) is 0.611. The molecule has 0 fully saturated rings. The molecule has 5 nitrogen and oxygen atoms in total. The standard InChI is InChI=1S/C15H25NO4S/c1-2-3-9-20-10-5-8-16-21(18,19)13-15-7-4-6-14(11-15)12-17/h4,6-7,11,16-17H,2-3,5,8-10,12-13H2,1H3. The summed E-state index contributed by atoms with van der Waals surface area (Å²) in [6, 6.07) is 6.95. The normalized spacial score (nSPS) is 11.7. The van der Waals surface area contributed by atoms with Crippen molar-refractivity contribution < 1.29 is 18.3 Å². The first kappa shape index (κ1) is 18.1. The molecule has 0 aliphatic rings. The molecule has 1 aromatic rings. The molecule has 0 aliphatic heterocycles. The van der Waals surface area contributed by atoms with E-state index >= 15 is 0 Å². The summed E-state index contributed by atoms with van der Waals surface area (Å²) in [5, 5.41) is 9.04. The molecule has 0 aliphatic carbocycles. The van der Waals surface area contributed by atoms with E-state index in [2.05, 4.69) is 11.6 Å². The van der Waals surface area contributed by atoms with Gasteiger partial charge in [0, 0.05) is 19.8 Å². The Hall–Kier alpha value is -0.950. The summed E-state index contributed by atoms with van der Waals surface area (Å²) in [7, 11) is -3.34. The smallest absolute Gasteiger partial charge is 0.215 e. The van der Waals surface area contributed by atoms with Crippen LogP contribution in [0.4, 0.5) is 0 Å². The van der Waals surface area contributed by atoms with Crippen molar-refractivity contribution in [3.8, 4) is 0 Å². The molecule has 0 amide bonds. The van der Waals surface area contributed by atoms with Crippen LogP contribution in [0.15, 0.2) is 24.3 Å². The van der Waals surface area contributed by atoms with Crippen LogP contribution < -0.4 is 4.72 Å². The molecule has 2 N–H and O–H groups in total. The Labute approximate surface area is 127 Å². The second-order valence-electron chi connectivity index (χ2n) is 4.95. The minimum atomic E-state index is -3.34. The molecular weight excluding hydrogens is 290 g/mol. The summed E-state index contributed by atoms with van der Waals surface area (Å²) in [5.41, 5.74) is 1.39. The fourth-order valence-electron chi connectivity index (χ4n) is 1.84. The van der Waals surface area contributed by atoms with Crippen molar-refractivity contribution in [2.24, 2.45) is 0 Å². The topological polar surface area (TPSA) is 75.6 Å². The van der Waals surface area contributed by atoms with Crippen LogP contribution in [0.3, 0.4) is 0 Å². The third kappa shape index (κ3) is 8.16. The van der Waals surface area contributed by atoms with Crippen LogP contribution in [0.25, 0.3) is 0 Å². The molecule has 6 heteroatoms. The van der Waals surface area contributed by atoms with Gasteiger partial charge in [0.15, 0.2) is 0 Å². The third-order valence-electron chi connectivity index (χ3n) is 2.96. The lowest BCUT2D eigenvalue weighted by Crippen LogP contribution is -2.27. The van der Waals surface area contributed by atoms with Crippen LogP contribution in [-0.2, 0) is 27.1 Å². The van der Waals surface area contributed by atoms with Gasteiger partial charge < -0.3 is 9.84 Å². The molecule has 0 bridgehead atoms. The summed E-state index contributed by atoms with van der Waals surface area (Å²) in [4.78, 5) is 0. The van der Waals surface area contributed by atoms with E-state index in [1.165, 1.54) is 0 Å². The van der Waals surface area contributed by atoms with Gasteiger partial charge >= 0.3 is 0 Å². The highest BCUT2D eigenvalue weighted by atomic mass is 32.2. The molecule has 0 heterocycles. The second kappa shape index (κ2) is 9.89. The fraction of sp³-hybridized carbons (Fsp3) is 0.600.